The minimum atomic E-state index is -0.257. The molecule has 0 aromatic carbocycles. The van der Waals surface area contributed by atoms with Crippen LogP contribution in [0.3, 0.4) is 0 Å². The van der Waals surface area contributed by atoms with Crippen molar-refractivity contribution in [3.05, 3.63) is 24.3 Å². The molecule has 1 aliphatic carbocycles. The standard InChI is InChI=1S/C8H7NO2.H3NO/c10-7-5-3-1-2-4-6(5)8(11)9-7;1-2/h1-6H,(H,9,10,11);2H,1H2. The van der Waals surface area contributed by atoms with Crippen LogP contribution in [-0.2, 0) is 9.59 Å². The van der Waals surface area contributed by atoms with Crippen LogP contribution >= 0.6 is 0 Å². The molecule has 2 unspecified atom stereocenters. The molecule has 2 amide bonds. The molecular weight excluding hydrogens is 172 g/mol. The Labute approximate surface area is 74.9 Å². The molecule has 0 spiro atoms. The van der Waals surface area contributed by atoms with Crippen molar-refractivity contribution in [2.24, 2.45) is 17.7 Å². The highest BCUT2D eigenvalue weighted by atomic mass is 16.4. The van der Waals surface area contributed by atoms with E-state index in [0.717, 1.165) is 0 Å². The summed E-state index contributed by atoms with van der Waals surface area (Å²) in [4.78, 5) is 22.0. The third-order valence-electron chi connectivity index (χ3n) is 1.99. The fourth-order valence-corrected chi connectivity index (χ4v) is 1.40. The van der Waals surface area contributed by atoms with Crippen LogP contribution < -0.4 is 11.2 Å². The zero-order valence-electron chi connectivity index (χ0n) is 6.81. The maximum atomic E-state index is 11.0. The molecule has 13 heavy (non-hydrogen) atoms. The molecule has 2 atom stereocenters. The van der Waals surface area contributed by atoms with Gasteiger partial charge in [0, 0.05) is 0 Å². The molecule has 2 aliphatic rings. The zero-order chi connectivity index (χ0) is 9.84. The van der Waals surface area contributed by atoms with Gasteiger partial charge < -0.3 is 5.21 Å². The van der Waals surface area contributed by atoms with E-state index < -0.39 is 0 Å². The van der Waals surface area contributed by atoms with Gasteiger partial charge in [-0.2, -0.15) is 0 Å². The highest BCUT2D eigenvalue weighted by Gasteiger charge is 2.38. The van der Waals surface area contributed by atoms with Gasteiger partial charge in [0.25, 0.3) is 0 Å². The molecule has 0 radical (unpaired) electrons. The predicted octanol–water partition coefficient (Wildman–Crippen LogP) is -0.665. The normalized spacial score (nSPS) is 29.1. The lowest BCUT2D eigenvalue weighted by Gasteiger charge is -2.08. The lowest BCUT2D eigenvalue weighted by molar-refractivity contribution is -0.125. The molecular formula is C8H10N2O3. The van der Waals surface area contributed by atoms with Crippen molar-refractivity contribution in [2.75, 3.05) is 0 Å². The molecule has 1 fully saturated rings. The monoisotopic (exact) mass is 182 g/mol. The summed E-state index contributed by atoms with van der Waals surface area (Å²) in [6, 6.07) is 0. The van der Waals surface area contributed by atoms with Crippen LogP contribution in [0.25, 0.3) is 0 Å². The number of imide groups is 1. The first-order valence-corrected chi connectivity index (χ1v) is 3.74. The van der Waals surface area contributed by atoms with Crippen LogP contribution in [0.2, 0.25) is 0 Å². The van der Waals surface area contributed by atoms with E-state index >= 15 is 0 Å². The van der Waals surface area contributed by atoms with Gasteiger partial charge >= 0.3 is 0 Å². The number of hydrogen-bond acceptors (Lipinski definition) is 4. The summed E-state index contributed by atoms with van der Waals surface area (Å²) < 4.78 is 0. The Kier molecular flexibility index (Phi) is 2.94. The summed E-state index contributed by atoms with van der Waals surface area (Å²) in [6.07, 6.45) is 7.09. The average molecular weight is 182 g/mol. The molecule has 1 heterocycles. The van der Waals surface area contributed by atoms with Gasteiger partial charge in [-0.25, -0.2) is 5.90 Å². The number of fused-ring (bicyclic) bond motifs is 1. The summed E-state index contributed by atoms with van der Waals surface area (Å²) in [6.45, 7) is 0. The fraction of sp³-hybridized carbons (Fsp3) is 0.250. The lowest BCUT2D eigenvalue weighted by atomic mass is 9.91. The van der Waals surface area contributed by atoms with Crippen molar-refractivity contribution in [3.8, 4) is 0 Å². The summed E-state index contributed by atoms with van der Waals surface area (Å²) in [5.41, 5.74) is 0. The predicted molar refractivity (Wildman–Crippen MR) is 44.4 cm³/mol. The van der Waals surface area contributed by atoms with E-state index in [1.807, 2.05) is 0 Å². The number of carbonyl (C=O) groups is 2. The van der Waals surface area contributed by atoms with Gasteiger partial charge in [-0.15, -0.1) is 0 Å². The van der Waals surface area contributed by atoms with Gasteiger partial charge in [0.2, 0.25) is 11.8 Å². The summed E-state index contributed by atoms with van der Waals surface area (Å²) in [5.74, 6) is 2.63. The fourth-order valence-electron chi connectivity index (χ4n) is 1.40. The van der Waals surface area contributed by atoms with Gasteiger partial charge in [0.15, 0.2) is 0 Å². The second-order valence-electron chi connectivity index (χ2n) is 2.67. The minimum absolute atomic E-state index is 0.180. The van der Waals surface area contributed by atoms with E-state index in [1.165, 1.54) is 0 Å². The Bertz CT molecular complexity index is 255. The van der Waals surface area contributed by atoms with Crippen molar-refractivity contribution in [2.45, 2.75) is 0 Å². The number of allylic oxidation sites excluding steroid dienone is 2. The SMILES string of the molecule is NO.O=C1NC(=O)C2C=CC=CC12. The molecule has 5 nitrogen and oxygen atoms in total. The van der Waals surface area contributed by atoms with Crippen molar-refractivity contribution < 1.29 is 14.8 Å². The van der Waals surface area contributed by atoms with Gasteiger partial charge in [0.1, 0.15) is 0 Å². The molecule has 0 aromatic heterocycles. The van der Waals surface area contributed by atoms with Gasteiger partial charge in [-0.05, 0) is 0 Å². The van der Waals surface area contributed by atoms with E-state index in [4.69, 9.17) is 5.21 Å². The van der Waals surface area contributed by atoms with E-state index in [-0.39, 0.29) is 23.7 Å². The van der Waals surface area contributed by atoms with E-state index in [0.29, 0.717) is 0 Å². The van der Waals surface area contributed by atoms with Crippen LogP contribution in [-0.4, -0.2) is 17.0 Å². The Morgan fingerprint density at radius 3 is 1.85 bits per heavy atom. The molecule has 5 heteroatoms. The first-order valence-electron chi connectivity index (χ1n) is 3.74. The molecule has 70 valence electrons. The molecule has 0 saturated carbocycles. The molecule has 0 bridgehead atoms. The number of amides is 2. The van der Waals surface area contributed by atoms with Crippen molar-refractivity contribution in [1.29, 1.82) is 0 Å². The van der Waals surface area contributed by atoms with E-state index in [2.05, 4.69) is 11.2 Å². The van der Waals surface area contributed by atoms with Gasteiger partial charge in [-0.1, -0.05) is 24.3 Å². The van der Waals surface area contributed by atoms with Crippen LogP contribution in [0.5, 0.6) is 0 Å². The van der Waals surface area contributed by atoms with Crippen molar-refractivity contribution in [1.82, 2.24) is 5.32 Å². The zero-order valence-corrected chi connectivity index (χ0v) is 6.81. The van der Waals surface area contributed by atoms with Crippen molar-refractivity contribution >= 4 is 11.8 Å². The summed E-state index contributed by atoms with van der Waals surface area (Å²) in [7, 11) is 0. The third kappa shape index (κ3) is 1.66. The van der Waals surface area contributed by atoms with Gasteiger partial charge in [-0.3, -0.25) is 14.9 Å². The number of hydrogen-bond donors (Lipinski definition) is 3. The van der Waals surface area contributed by atoms with Crippen LogP contribution in [0.15, 0.2) is 24.3 Å². The Hall–Kier alpha value is -1.46. The topological polar surface area (TPSA) is 92.4 Å². The Morgan fingerprint density at radius 1 is 1.08 bits per heavy atom. The smallest absolute Gasteiger partial charge is 0.234 e. The largest absolute Gasteiger partial charge is 0.320 e. The first-order chi connectivity index (χ1) is 6.29. The number of nitrogens with one attached hydrogen (secondary N) is 1. The van der Waals surface area contributed by atoms with Crippen LogP contribution in [0, 0.1) is 11.8 Å². The summed E-state index contributed by atoms with van der Waals surface area (Å²) in [5, 5.41) is 8.78. The van der Waals surface area contributed by atoms with Crippen LogP contribution in [0.4, 0.5) is 0 Å². The maximum Gasteiger partial charge on any atom is 0.234 e. The highest BCUT2D eigenvalue weighted by Crippen LogP contribution is 2.24. The minimum Gasteiger partial charge on any atom is -0.320 e. The Balaban J connectivity index is 0.000000396. The number of nitrogens with two attached hydrogens (primary N) is 1. The molecule has 1 aliphatic heterocycles. The maximum absolute atomic E-state index is 11.0. The van der Waals surface area contributed by atoms with E-state index in [9.17, 15) is 9.59 Å². The molecule has 4 N–H and O–H groups in total. The second kappa shape index (κ2) is 3.97. The molecule has 0 aromatic rings. The quantitative estimate of drug-likeness (QED) is 0.342. The van der Waals surface area contributed by atoms with Crippen LogP contribution in [0.1, 0.15) is 0 Å². The number of carbonyl (C=O) groups excluding carboxylic acids is 2. The third-order valence-corrected chi connectivity index (χ3v) is 1.99. The summed E-state index contributed by atoms with van der Waals surface area (Å²) >= 11 is 0. The average Bonchev–Trinajstić information content (AvgIpc) is 2.47. The highest BCUT2D eigenvalue weighted by molar-refractivity contribution is 6.07. The molecule has 2 rings (SSSR count). The van der Waals surface area contributed by atoms with E-state index in [1.54, 1.807) is 24.3 Å². The number of rotatable bonds is 0. The Morgan fingerprint density at radius 2 is 1.46 bits per heavy atom. The van der Waals surface area contributed by atoms with Crippen molar-refractivity contribution in [3.63, 3.8) is 0 Å². The lowest BCUT2D eigenvalue weighted by Crippen LogP contribution is -2.21. The van der Waals surface area contributed by atoms with Gasteiger partial charge in [0.05, 0.1) is 11.8 Å². The second-order valence-corrected chi connectivity index (χ2v) is 2.67. The molecule has 1 saturated heterocycles. The first kappa shape index (κ1) is 9.63.